The minimum absolute atomic E-state index is 0.854. The van der Waals surface area contributed by atoms with Gasteiger partial charge in [-0.25, -0.2) is 0 Å². The zero-order valence-corrected chi connectivity index (χ0v) is 25.5. The number of para-hydroxylation sites is 4. The lowest BCUT2D eigenvalue weighted by molar-refractivity contribution is 0.477. The second-order valence-electron chi connectivity index (χ2n) is 12.2. The molecule has 1 radical (unpaired) electrons. The zero-order valence-electron chi connectivity index (χ0n) is 25.5. The van der Waals surface area contributed by atoms with E-state index < -0.39 is 0 Å². The molecule has 0 spiro atoms. The Morgan fingerprint density at radius 3 is 1.23 bits per heavy atom. The van der Waals surface area contributed by atoms with Crippen molar-refractivity contribution >= 4 is 28.2 Å². The monoisotopic (exact) mass is 598 g/mol. The van der Waals surface area contributed by atoms with Crippen LogP contribution < -0.4 is 9.64 Å². The highest BCUT2D eigenvalue weighted by Gasteiger charge is 2.37. The molecule has 1 aliphatic heterocycles. The van der Waals surface area contributed by atoms with E-state index >= 15 is 0 Å². The highest BCUT2D eigenvalue weighted by atomic mass is 16.5. The first-order chi connectivity index (χ1) is 23.3. The molecule has 3 aliphatic rings. The highest BCUT2D eigenvalue weighted by molar-refractivity contribution is 6.16. The molecule has 47 heavy (non-hydrogen) atoms. The van der Waals surface area contributed by atoms with E-state index in [2.05, 4.69) is 150 Å². The fourth-order valence-electron chi connectivity index (χ4n) is 7.75. The van der Waals surface area contributed by atoms with Gasteiger partial charge in [-0.15, -0.1) is 0 Å². The van der Waals surface area contributed by atoms with Crippen molar-refractivity contribution in [3.8, 4) is 33.8 Å². The van der Waals surface area contributed by atoms with Gasteiger partial charge >= 0.3 is 0 Å². The smallest absolute Gasteiger partial charge is 0.151 e. The fraction of sp³-hybridized carbons (Fsp3) is 0. The van der Waals surface area contributed by atoms with Gasteiger partial charge in [0.2, 0.25) is 0 Å². The SMILES string of the molecule is c1ccc2c(c1)Oc1ccccc1N2c1ccc(C([C]2c3ccccc3-c3ccccc32)=C2c3ccccc3-c3ccccc32)cc1. The van der Waals surface area contributed by atoms with E-state index in [-0.39, 0.29) is 0 Å². The van der Waals surface area contributed by atoms with Crippen molar-refractivity contribution in [2.24, 2.45) is 0 Å². The van der Waals surface area contributed by atoms with Crippen molar-refractivity contribution in [3.63, 3.8) is 0 Å². The standard InChI is InChI=1S/C45H28NO/c1-5-17-35-31(13-1)32-14-2-6-18-36(32)44(35)43(45-37-19-7-3-15-33(37)34-16-4-8-20-38(34)45)29-25-27-30(28-26-29)46-39-21-9-11-23-41(39)47-42-24-12-10-22-40(42)46/h1-28H. The Morgan fingerprint density at radius 1 is 0.362 bits per heavy atom. The maximum atomic E-state index is 6.31. The van der Waals surface area contributed by atoms with Gasteiger partial charge in [0.15, 0.2) is 11.5 Å². The van der Waals surface area contributed by atoms with E-state index in [0.717, 1.165) is 28.6 Å². The van der Waals surface area contributed by atoms with Crippen LogP contribution in [-0.2, 0) is 0 Å². The van der Waals surface area contributed by atoms with Gasteiger partial charge in [-0.1, -0.05) is 133 Å². The molecule has 0 atom stereocenters. The largest absolute Gasteiger partial charge is 0.453 e. The lowest BCUT2D eigenvalue weighted by atomic mass is 9.79. The van der Waals surface area contributed by atoms with Crippen LogP contribution in [0.4, 0.5) is 17.1 Å². The number of ether oxygens (including phenoxy) is 1. The first kappa shape index (κ1) is 26.1. The van der Waals surface area contributed by atoms with Crippen molar-refractivity contribution in [1.29, 1.82) is 0 Å². The van der Waals surface area contributed by atoms with E-state index in [1.807, 2.05) is 24.3 Å². The number of hydrogen-bond acceptors (Lipinski definition) is 2. The summed E-state index contributed by atoms with van der Waals surface area (Å²) in [5.41, 5.74) is 17.1. The van der Waals surface area contributed by atoms with Gasteiger partial charge in [0.05, 0.1) is 17.3 Å². The Bertz CT molecular complexity index is 2260. The molecule has 0 saturated carbocycles. The van der Waals surface area contributed by atoms with Crippen LogP contribution in [0.2, 0.25) is 0 Å². The predicted molar refractivity (Wildman–Crippen MR) is 192 cm³/mol. The number of anilines is 3. The van der Waals surface area contributed by atoms with Crippen LogP contribution in [-0.4, -0.2) is 0 Å². The molecule has 7 aromatic rings. The molecule has 0 aromatic heterocycles. The van der Waals surface area contributed by atoms with E-state index in [0.29, 0.717) is 0 Å². The number of allylic oxidation sites excluding steroid dienone is 1. The van der Waals surface area contributed by atoms with Crippen LogP contribution in [0.5, 0.6) is 11.5 Å². The summed E-state index contributed by atoms with van der Waals surface area (Å²) in [7, 11) is 0. The average Bonchev–Trinajstić information content (AvgIpc) is 3.65. The van der Waals surface area contributed by atoms with Gasteiger partial charge in [-0.2, -0.15) is 0 Å². The Morgan fingerprint density at radius 2 is 0.745 bits per heavy atom. The van der Waals surface area contributed by atoms with Gasteiger partial charge in [0.1, 0.15) is 0 Å². The van der Waals surface area contributed by atoms with Gasteiger partial charge in [0, 0.05) is 5.69 Å². The summed E-state index contributed by atoms with van der Waals surface area (Å²) < 4.78 is 6.31. The van der Waals surface area contributed by atoms with Crippen molar-refractivity contribution in [3.05, 3.63) is 204 Å². The highest BCUT2D eigenvalue weighted by Crippen LogP contribution is 2.56. The molecule has 10 rings (SSSR count). The van der Waals surface area contributed by atoms with Crippen molar-refractivity contribution < 1.29 is 4.74 Å². The van der Waals surface area contributed by atoms with E-state index in [1.54, 1.807) is 0 Å². The second-order valence-corrected chi connectivity index (χ2v) is 12.2. The third-order valence-corrected chi connectivity index (χ3v) is 9.71. The van der Waals surface area contributed by atoms with Gasteiger partial charge < -0.3 is 9.64 Å². The first-order valence-electron chi connectivity index (χ1n) is 16.1. The summed E-state index contributed by atoms with van der Waals surface area (Å²) in [5.74, 6) is 2.99. The Balaban J connectivity index is 1.23. The summed E-state index contributed by atoms with van der Waals surface area (Å²) in [6.07, 6.45) is 0. The summed E-state index contributed by atoms with van der Waals surface area (Å²) in [5, 5.41) is 0. The lowest BCUT2D eigenvalue weighted by Gasteiger charge is -2.33. The summed E-state index contributed by atoms with van der Waals surface area (Å²) in [4.78, 5) is 2.30. The Labute approximate surface area is 274 Å². The van der Waals surface area contributed by atoms with E-state index in [9.17, 15) is 0 Å². The molecular formula is C45H28NO. The van der Waals surface area contributed by atoms with Gasteiger partial charge in [-0.3, -0.25) is 0 Å². The van der Waals surface area contributed by atoms with Crippen molar-refractivity contribution in [2.45, 2.75) is 0 Å². The lowest BCUT2D eigenvalue weighted by Crippen LogP contribution is -2.15. The topological polar surface area (TPSA) is 12.5 Å². The van der Waals surface area contributed by atoms with E-state index in [1.165, 1.54) is 67.1 Å². The van der Waals surface area contributed by atoms with Crippen LogP contribution in [0.15, 0.2) is 170 Å². The fourth-order valence-corrected chi connectivity index (χ4v) is 7.75. The number of benzene rings is 7. The summed E-state index contributed by atoms with van der Waals surface area (Å²) >= 11 is 0. The minimum Gasteiger partial charge on any atom is -0.453 e. The van der Waals surface area contributed by atoms with Gasteiger partial charge in [0.25, 0.3) is 0 Å². The van der Waals surface area contributed by atoms with Crippen LogP contribution in [0.3, 0.4) is 0 Å². The van der Waals surface area contributed by atoms with Crippen LogP contribution in [0, 0.1) is 5.92 Å². The Hall–Kier alpha value is -6.12. The molecule has 0 bridgehead atoms. The summed E-state index contributed by atoms with van der Waals surface area (Å²) in [6, 6.07) is 61.1. The zero-order chi connectivity index (χ0) is 30.9. The molecule has 0 N–H and O–H groups in total. The second kappa shape index (κ2) is 10.2. The predicted octanol–water partition coefficient (Wildman–Crippen LogP) is 11.9. The molecule has 1 heterocycles. The molecule has 7 aromatic carbocycles. The van der Waals surface area contributed by atoms with Gasteiger partial charge in [-0.05, 0) is 97.6 Å². The van der Waals surface area contributed by atoms with Crippen LogP contribution in [0.1, 0.15) is 27.8 Å². The van der Waals surface area contributed by atoms with Crippen molar-refractivity contribution in [2.75, 3.05) is 4.90 Å². The summed E-state index contributed by atoms with van der Waals surface area (Å²) in [6.45, 7) is 0. The molecule has 2 aliphatic carbocycles. The quantitative estimate of drug-likeness (QED) is 0.201. The third-order valence-electron chi connectivity index (χ3n) is 9.71. The maximum Gasteiger partial charge on any atom is 0.151 e. The van der Waals surface area contributed by atoms with Crippen LogP contribution in [0.25, 0.3) is 33.4 Å². The molecule has 0 unspecified atom stereocenters. The third kappa shape index (κ3) is 3.85. The maximum absolute atomic E-state index is 6.31. The molecule has 219 valence electrons. The number of hydrogen-bond donors (Lipinski definition) is 0. The number of fused-ring (bicyclic) bond motifs is 8. The Kier molecular flexibility index (Phi) is 5.67. The van der Waals surface area contributed by atoms with Crippen molar-refractivity contribution in [1.82, 2.24) is 0 Å². The number of nitrogens with zero attached hydrogens (tertiary/aromatic N) is 1. The average molecular weight is 599 g/mol. The van der Waals surface area contributed by atoms with Crippen LogP contribution >= 0.6 is 0 Å². The first-order valence-corrected chi connectivity index (χ1v) is 16.1. The molecular weight excluding hydrogens is 571 g/mol. The van der Waals surface area contributed by atoms with E-state index in [4.69, 9.17) is 4.74 Å². The normalized spacial score (nSPS) is 13.5. The molecule has 2 heteroatoms. The molecule has 2 nitrogen and oxygen atoms in total. The molecule has 0 saturated heterocycles. The molecule has 0 fully saturated rings. The number of rotatable bonds is 3. The minimum atomic E-state index is 0.854. The molecule has 0 amide bonds.